The number of pyridine rings is 2. The lowest BCUT2D eigenvalue weighted by molar-refractivity contribution is -0.172. The van der Waals surface area contributed by atoms with E-state index in [4.69, 9.17) is 9.72 Å². The number of ether oxygens (including phenoxy) is 1. The van der Waals surface area contributed by atoms with Crippen molar-refractivity contribution >= 4 is 22.7 Å². The Morgan fingerprint density at radius 1 is 1.11 bits per heavy atom. The van der Waals surface area contributed by atoms with E-state index in [1.807, 2.05) is 30.3 Å². The number of fused-ring (bicyclic) bond motifs is 5. The first-order valence-electron chi connectivity index (χ1n) is 13.0. The molecule has 0 saturated heterocycles. The fourth-order valence-corrected chi connectivity index (χ4v) is 5.68. The van der Waals surface area contributed by atoms with E-state index >= 15 is 0 Å². The molecule has 0 saturated carbocycles. The van der Waals surface area contributed by atoms with Crippen molar-refractivity contribution in [3.63, 3.8) is 0 Å². The number of esters is 1. The van der Waals surface area contributed by atoms with Gasteiger partial charge in [-0.3, -0.25) is 9.59 Å². The first-order valence-corrected chi connectivity index (χ1v) is 13.0. The summed E-state index contributed by atoms with van der Waals surface area (Å²) in [5.74, 6) is -0.614. The van der Waals surface area contributed by atoms with Crippen LogP contribution in [0.25, 0.3) is 22.3 Å². The van der Waals surface area contributed by atoms with Gasteiger partial charge in [0.15, 0.2) is 11.4 Å². The molecule has 1 atom stereocenters. The number of aromatic nitrogens is 2. The van der Waals surface area contributed by atoms with Gasteiger partial charge in [-0.25, -0.2) is 9.78 Å². The van der Waals surface area contributed by atoms with E-state index < -0.39 is 11.6 Å². The number of ketones is 1. The average Bonchev–Trinajstić information content (AvgIpc) is 3.30. The first-order chi connectivity index (χ1) is 18.3. The van der Waals surface area contributed by atoms with Crippen LogP contribution in [-0.2, 0) is 41.1 Å². The number of nitrogens with zero attached hydrogens (tertiary/aromatic N) is 2. The van der Waals surface area contributed by atoms with Gasteiger partial charge in [-0.2, -0.15) is 0 Å². The summed E-state index contributed by atoms with van der Waals surface area (Å²) in [7, 11) is 0. The molecule has 7 heteroatoms. The maximum Gasteiger partial charge on any atom is 0.343 e. The van der Waals surface area contributed by atoms with Gasteiger partial charge in [0.25, 0.3) is 5.56 Å². The summed E-state index contributed by atoms with van der Waals surface area (Å²) in [5, 5.41) is 12.1. The van der Waals surface area contributed by atoms with Crippen LogP contribution in [0.1, 0.15) is 64.9 Å². The Labute approximate surface area is 219 Å². The van der Waals surface area contributed by atoms with E-state index in [2.05, 4.69) is 25.1 Å². The van der Waals surface area contributed by atoms with Crippen LogP contribution in [0, 0.1) is 0 Å². The zero-order chi connectivity index (χ0) is 26.6. The molecule has 38 heavy (non-hydrogen) atoms. The SMILES string of the molecule is CCc1cc(CCC(=O)c2ccccc2)cc2cc3c(nc12)-c1cc2c(c(=O)n1C3)COC(=O)[C@]2(O)CC. The fraction of sp³-hybridized carbons (Fsp3) is 0.290. The average molecular weight is 509 g/mol. The largest absolute Gasteiger partial charge is 0.458 e. The quantitative estimate of drug-likeness (QED) is 0.269. The Bertz CT molecular complexity index is 1690. The molecule has 6 rings (SSSR count). The summed E-state index contributed by atoms with van der Waals surface area (Å²) in [6, 6.07) is 17.3. The number of hydrogen-bond acceptors (Lipinski definition) is 6. The molecule has 0 amide bonds. The number of carbonyl (C=O) groups excluding carboxylic acids is 2. The van der Waals surface area contributed by atoms with Gasteiger partial charge >= 0.3 is 5.97 Å². The zero-order valence-electron chi connectivity index (χ0n) is 21.4. The Morgan fingerprint density at radius 2 is 1.89 bits per heavy atom. The van der Waals surface area contributed by atoms with Gasteiger partial charge < -0.3 is 14.4 Å². The van der Waals surface area contributed by atoms with Crippen molar-refractivity contribution in [2.24, 2.45) is 0 Å². The van der Waals surface area contributed by atoms with E-state index in [-0.39, 0.29) is 24.4 Å². The van der Waals surface area contributed by atoms with Gasteiger partial charge in [-0.1, -0.05) is 50.2 Å². The summed E-state index contributed by atoms with van der Waals surface area (Å²) in [6.45, 7) is 3.98. The van der Waals surface area contributed by atoms with Crippen LogP contribution in [0.3, 0.4) is 0 Å². The highest BCUT2D eigenvalue weighted by atomic mass is 16.6. The molecule has 0 spiro atoms. The molecule has 192 valence electrons. The van der Waals surface area contributed by atoms with Crippen LogP contribution >= 0.6 is 0 Å². The van der Waals surface area contributed by atoms with Gasteiger partial charge in [0.2, 0.25) is 0 Å². The predicted molar refractivity (Wildman–Crippen MR) is 143 cm³/mol. The molecule has 0 aliphatic carbocycles. The van der Waals surface area contributed by atoms with E-state index in [1.165, 1.54) is 0 Å². The lowest BCUT2D eigenvalue weighted by atomic mass is 9.86. The minimum atomic E-state index is -1.84. The Morgan fingerprint density at radius 3 is 2.63 bits per heavy atom. The molecule has 0 fully saturated rings. The molecule has 2 aromatic heterocycles. The van der Waals surface area contributed by atoms with Gasteiger partial charge in [0.05, 0.1) is 29.0 Å². The molecule has 7 nitrogen and oxygen atoms in total. The maximum atomic E-state index is 13.4. The highest BCUT2D eigenvalue weighted by molar-refractivity contribution is 5.96. The third-order valence-electron chi connectivity index (χ3n) is 7.87. The van der Waals surface area contributed by atoms with Crippen molar-refractivity contribution < 1.29 is 19.4 Å². The van der Waals surface area contributed by atoms with Crippen molar-refractivity contribution in [3.8, 4) is 11.4 Å². The van der Waals surface area contributed by atoms with E-state index in [0.29, 0.717) is 41.9 Å². The second-order valence-corrected chi connectivity index (χ2v) is 10.1. The first kappa shape index (κ1) is 24.2. The van der Waals surface area contributed by atoms with Crippen LogP contribution in [0.4, 0.5) is 0 Å². The second-order valence-electron chi connectivity index (χ2n) is 10.1. The van der Waals surface area contributed by atoms with Crippen LogP contribution in [0.5, 0.6) is 0 Å². The molecule has 0 unspecified atom stereocenters. The normalized spacial score (nSPS) is 17.6. The molecule has 1 N–H and O–H groups in total. The van der Waals surface area contributed by atoms with Crippen molar-refractivity contribution in [1.82, 2.24) is 9.55 Å². The number of rotatable bonds is 6. The third-order valence-corrected chi connectivity index (χ3v) is 7.87. The smallest absolute Gasteiger partial charge is 0.343 e. The number of cyclic esters (lactones) is 1. The molecule has 4 aromatic rings. The number of aryl methyl sites for hydroxylation is 2. The monoisotopic (exact) mass is 508 g/mol. The van der Waals surface area contributed by atoms with E-state index in [0.717, 1.165) is 39.6 Å². The fourth-order valence-electron chi connectivity index (χ4n) is 5.68. The van der Waals surface area contributed by atoms with Gasteiger partial charge in [0.1, 0.15) is 6.61 Å². The van der Waals surface area contributed by atoms with Gasteiger partial charge in [-0.15, -0.1) is 0 Å². The lowest BCUT2D eigenvalue weighted by Crippen LogP contribution is -2.44. The van der Waals surface area contributed by atoms with E-state index in [9.17, 15) is 19.5 Å². The second kappa shape index (κ2) is 9.03. The zero-order valence-corrected chi connectivity index (χ0v) is 21.4. The molecule has 4 heterocycles. The summed E-state index contributed by atoms with van der Waals surface area (Å²) >= 11 is 0. The highest BCUT2D eigenvalue weighted by Crippen LogP contribution is 2.39. The molecular weight excluding hydrogens is 480 g/mol. The maximum absolute atomic E-state index is 13.4. The predicted octanol–water partition coefficient (Wildman–Crippen LogP) is 4.46. The third kappa shape index (κ3) is 3.69. The molecule has 2 aliphatic rings. The van der Waals surface area contributed by atoms with Crippen LogP contribution in [0.2, 0.25) is 0 Å². The summed E-state index contributed by atoms with van der Waals surface area (Å²) in [4.78, 5) is 43.5. The summed E-state index contributed by atoms with van der Waals surface area (Å²) in [6.07, 6.45) is 1.92. The minimum absolute atomic E-state index is 0.106. The standard InChI is InChI=1S/C31H28N2O5/c1-3-19-12-18(10-11-26(34)20-8-6-5-7-9-20)13-21-14-22-16-33-25(28(22)32-27(19)21)15-24-23(29(33)35)17-38-30(36)31(24,37)4-2/h5-9,12-15,37H,3-4,10-11,16-17H2,1-2H3/t31-/m0/s1. The van der Waals surface area contributed by atoms with Crippen LogP contribution in [-0.4, -0.2) is 26.4 Å². The summed E-state index contributed by atoms with van der Waals surface area (Å²) < 4.78 is 6.81. The number of carbonyl (C=O) groups is 2. The number of benzene rings is 2. The highest BCUT2D eigenvalue weighted by Gasteiger charge is 2.45. The molecular formula is C31H28N2O5. The van der Waals surface area contributed by atoms with E-state index in [1.54, 1.807) is 17.6 Å². The number of Topliss-reactive ketones (excluding diaryl/α,β-unsaturated/α-hetero) is 1. The Hall–Kier alpha value is -4.10. The lowest BCUT2D eigenvalue weighted by Gasteiger charge is -2.31. The number of hydrogen-bond donors (Lipinski definition) is 1. The molecule has 2 aromatic carbocycles. The molecule has 0 radical (unpaired) electrons. The number of aliphatic hydroxyl groups is 1. The molecule has 0 bridgehead atoms. The van der Waals surface area contributed by atoms with Crippen molar-refractivity contribution in [2.45, 2.75) is 58.3 Å². The minimum Gasteiger partial charge on any atom is -0.458 e. The van der Waals surface area contributed by atoms with Gasteiger partial charge in [-0.05, 0) is 48.6 Å². The topological polar surface area (TPSA) is 98.5 Å². The molecule has 2 aliphatic heterocycles. The van der Waals surface area contributed by atoms with Crippen molar-refractivity contribution in [1.29, 1.82) is 0 Å². The van der Waals surface area contributed by atoms with Gasteiger partial charge in [0, 0.05) is 28.5 Å². The summed E-state index contributed by atoms with van der Waals surface area (Å²) in [5.41, 5.74) is 4.44. The Balaban J connectivity index is 1.41. The van der Waals surface area contributed by atoms with Crippen molar-refractivity contribution in [3.05, 3.63) is 98.3 Å². The van der Waals surface area contributed by atoms with Crippen LogP contribution in [0.15, 0.2) is 59.4 Å². The Kier molecular flexibility index (Phi) is 5.76. The van der Waals surface area contributed by atoms with Crippen LogP contribution < -0.4 is 5.56 Å². The van der Waals surface area contributed by atoms with Crippen molar-refractivity contribution in [2.75, 3.05) is 0 Å².